The van der Waals surface area contributed by atoms with Crippen molar-refractivity contribution in [1.82, 2.24) is 9.80 Å². The van der Waals surface area contributed by atoms with Crippen molar-refractivity contribution >= 4 is 5.91 Å². The van der Waals surface area contributed by atoms with E-state index in [1.807, 2.05) is 19.0 Å². The van der Waals surface area contributed by atoms with Gasteiger partial charge in [0.2, 0.25) is 0 Å². The van der Waals surface area contributed by atoms with E-state index in [2.05, 4.69) is 18.7 Å². The maximum atomic E-state index is 12.5. The number of carbonyl (C=O) groups excluding carboxylic acids is 1. The molecule has 1 rings (SSSR count). The van der Waals surface area contributed by atoms with E-state index < -0.39 is 0 Å². The summed E-state index contributed by atoms with van der Waals surface area (Å²) in [5.41, 5.74) is 5.59. The second-order valence-electron chi connectivity index (χ2n) is 6.04. The Morgan fingerprint density at radius 1 is 1.32 bits per heavy atom. The van der Waals surface area contributed by atoms with Crippen LogP contribution in [0.2, 0.25) is 0 Å². The van der Waals surface area contributed by atoms with Crippen molar-refractivity contribution in [1.29, 1.82) is 0 Å². The topological polar surface area (TPSA) is 58.8 Å². The van der Waals surface area contributed by atoms with Crippen molar-refractivity contribution in [2.45, 2.75) is 38.9 Å². The third kappa shape index (κ3) is 5.47. The van der Waals surface area contributed by atoms with E-state index in [9.17, 15) is 4.79 Å². The number of likely N-dealkylation sites (N-methyl/N-ethyl adjacent to an activating group) is 1. The minimum Gasteiger partial charge on any atom is -0.364 e. The number of hydrogen-bond acceptors (Lipinski definition) is 4. The molecule has 2 N–H and O–H groups in total. The van der Waals surface area contributed by atoms with Crippen LogP contribution in [0.4, 0.5) is 0 Å². The van der Waals surface area contributed by atoms with E-state index in [-0.39, 0.29) is 18.1 Å². The van der Waals surface area contributed by atoms with Gasteiger partial charge in [0, 0.05) is 26.2 Å². The highest BCUT2D eigenvalue weighted by Crippen LogP contribution is 2.21. The third-order valence-electron chi connectivity index (χ3n) is 3.36. The molecule has 0 bridgehead atoms. The molecule has 0 aromatic rings. The Morgan fingerprint density at radius 2 is 2.00 bits per heavy atom. The van der Waals surface area contributed by atoms with E-state index in [1.165, 1.54) is 0 Å². The number of nitrogens with two attached hydrogens (primary N) is 1. The van der Waals surface area contributed by atoms with Crippen LogP contribution in [0.5, 0.6) is 0 Å². The van der Waals surface area contributed by atoms with E-state index in [0.29, 0.717) is 12.5 Å². The van der Waals surface area contributed by atoms with Crippen molar-refractivity contribution in [2.24, 2.45) is 11.7 Å². The maximum absolute atomic E-state index is 12.5. The fourth-order valence-electron chi connectivity index (χ4n) is 2.32. The van der Waals surface area contributed by atoms with Gasteiger partial charge in [-0.25, -0.2) is 0 Å². The first kappa shape index (κ1) is 16.4. The summed E-state index contributed by atoms with van der Waals surface area (Å²) in [7, 11) is 4.04. The number of carbonyl (C=O) groups is 1. The van der Waals surface area contributed by atoms with Crippen LogP contribution in [0.3, 0.4) is 0 Å². The Kier molecular flexibility index (Phi) is 6.75. The van der Waals surface area contributed by atoms with E-state index >= 15 is 0 Å². The molecule has 1 heterocycles. The highest BCUT2D eigenvalue weighted by Gasteiger charge is 2.32. The number of ether oxygens (including phenoxy) is 1. The van der Waals surface area contributed by atoms with Gasteiger partial charge in [-0.15, -0.1) is 0 Å². The monoisotopic (exact) mass is 271 g/mol. The van der Waals surface area contributed by atoms with Gasteiger partial charge in [0.1, 0.15) is 6.10 Å². The predicted molar refractivity (Wildman–Crippen MR) is 76.9 cm³/mol. The zero-order valence-electron chi connectivity index (χ0n) is 12.8. The molecule has 5 nitrogen and oxygen atoms in total. The van der Waals surface area contributed by atoms with Crippen molar-refractivity contribution in [3.63, 3.8) is 0 Å². The first-order valence-electron chi connectivity index (χ1n) is 7.23. The number of rotatable bonds is 7. The lowest BCUT2D eigenvalue weighted by molar-refractivity contribution is -0.143. The first-order chi connectivity index (χ1) is 8.93. The average molecular weight is 271 g/mol. The quantitative estimate of drug-likeness (QED) is 0.734. The normalized spacial score (nSPS) is 23.3. The van der Waals surface area contributed by atoms with Gasteiger partial charge in [-0.05, 0) is 32.9 Å². The molecule has 0 aromatic carbocycles. The van der Waals surface area contributed by atoms with Gasteiger partial charge < -0.3 is 20.3 Å². The summed E-state index contributed by atoms with van der Waals surface area (Å²) in [4.78, 5) is 16.5. The zero-order chi connectivity index (χ0) is 14.4. The van der Waals surface area contributed by atoms with Gasteiger partial charge in [0.05, 0.1) is 6.10 Å². The molecule has 1 aliphatic rings. The molecule has 2 atom stereocenters. The molecule has 1 amide bonds. The second kappa shape index (κ2) is 7.82. The van der Waals surface area contributed by atoms with Gasteiger partial charge in [-0.2, -0.15) is 0 Å². The molecule has 5 heteroatoms. The Bertz CT molecular complexity index is 282. The summed E-state index contributed by atoms with van der Waals surface area (Å²) in [6.07, 6.45) is 1.48. The molecule has 1 saturated heterocycles. The van der Waals surface area contributed by atoms with Gasteiger partial charge in [0.15, 0.2) is 0 Å². The molecule has 0 aliphatic carbocycles. The largest absolute Gasteiger partial charge is 0.364 e. The van der Waals surface area contributed by atoms with Crippen LogP contribution in [0.25, 0.3) is 0 Å². The fraction of sp³-hybridized carbons (Fsp3) is 0.929. The summed E-state index contributed by atoms with van der Waals surface area (Å²) in [5, 5.41) is 0. The van der Waals surface area contributed by atoms with Gasteiger partial charge >= 0.3 is 0 Å². The van der Waals surface area contributed by atoms with Gasteiger partial charge in [0.25, 0.3) is 5.91 Å². The Hall–Kier alpha value is -0.650. The van der Waals surface area contributed by atoms with Crippen LogP contribution >= 0.6 is 0 Å². The number of hydrogen-bond donors (Lipinski definition) is 1. The highest BCUT2D eigenvalue weighted by atomic mass is 16.5. The average Bonchev–Trinajstić information content (AvgIpc) is 2.81. The lowest BCUT2D eigenvalue weighted by Gasteiger charge is -2.28. The summed E-state index contributed by atoms with van der Waals surface area (Å²) < 4.78 is 5.71. The number of amides is 1. The molecule has 0 saturated carbocycles. The molecule has 112 valence electrons. The summed E-state index contributed by atoms with van der Waals surface area (Å²) in [5.74, 6) is 0.601. The third-order valence-corrected chi connectivity index (χ3v) is 3.36. The van der Waals surface area contributed by atoms with Crippen LogP contribution in [0, 0.1) is 5.92 Å². The Balaban J connectivity index is 2.55. The zero-order valence-corrected chi connectivity index (χ0v) is 12.8. The molecule has 2 unspecified atom stereocenters. The fourth-order valence-corrected chi connectivity index (χ4v) is 2.32. The van der Waals surface area contributed by atoms with Crippen LogP contribution in [-0.2, 0) is 9.53 Å². The second-order valence-corrected chi connectivity index (χ2v) is 6.04. The number of nitrogens with zero attached hydrogens (tertiary/aromatic N) is 2. The minimum absolute atomic E-state index is 0.0590. The molecular formula is C14H29N3O2. The van der Waals surface area contributed by atoms with Crippen LogP contribution < -0.4 is 5.73 Å². The molecule has 19 heavy (non-hydrogen) atoms. The van der Waals surface area contributed by atoms with Crippen molar-refractivity contribution in [2.75, 3.05) is 40.3 Å². The lowest BCUT2D eigenvalue weighted by Crippen LogP contribution is -2.44. The predicted octanol–water partition coefficient (Wildman–Crippen LogP) is 0.539. The molecule has 0 radical (unpaired) electrons. The summed E-state index contributed by atoms with van der Waals surface area (Å²) in [6.45, 7) is 7.20. The van der Waals surface area contributed by atoms with Gasteiger partial charge in [-0.3, -0.25) is 4.79 Å². The van der Waals surface area contributed by atoms with Crippen LogP contribution in [-0.4, -0.2) is 68.2 Å². The molecule has 1 fully saturated rings. The molecule has 1 aliphatic heterocycles. The smallest absolute Gasteiger partial charge is 0.251 e. The van der Waals surface area contributed by atoms with Crippen molar-refractivity contribution in [3.05, 3.63) is 0 Å². The SMILES string of the molecule is CC(C)CN(CCN(C)C)C(=O)C1CCC(CN)O1. The van der Waals surface area contributed by atoms with Crippen LogP contribution in [0.1, 0.15) is 26.7 Å². The molecular weight excluding hydrogens is 242 g/mol. The Morgan fingerprint density at radius 3 is 2.47 bits per heavy atom. The maximum Gasteiger partial charge on any atom is 0.251 e. The van der Waals surface area contributed by atoms with Gasteiger partial charge in [-0.1, -0.05) is 13.8 Å². The highest BCUT2D eigenvalue weighted by molar-refractivity contribution is 5.81. The van der Waals surface area contributed by atoms with E-state index in [0.717, 1.165) is 32.5 Å². The molecule has 0 spiro atoms. The summed E-state index contributed by atoms with van der Waals surface area (Å²) in [6, 6.07) is 0. The van der Waals surface area contributed by atoms with E-state index in [1.54, 1.807) is 0 Å². The van der Waals surface area contributed by atoms with Crippen molar-refractivity contribution in [3.8, 4) is 0 Å². The van der Waals surface area contributed by atoms with Crippen LogP contribution in [0.15, 0.2) is 0 Å². The lowest BCUT2D eigenvalue weighted by atomic mass is 10.1. The first-order valence-corrected chi connectivity index (χ1v) is 7.23. The Labute approximate surface area is 117 Å². The van der Waals surface area contributed by atoms with Crippen molar-refractivity contribution < 1.29 is 9.53 Å². The van der Waals surface area contributed by atoms with E-state index in [4.69, 9.17) is 10.5 Å². The summed E-state index contributed by atoms with van der Waals surface area (Å²) >= 11 is 0. The standard InChI is InChI=1S/C14H29N3O2/c1-11(2)10-17(8-7-16(3)4)14(18)13-6-5-12(9-15)19-13/h11-13H,5-10,15H2,1-4H3. The molecule has 0 aromatic heterocycles. The minimum atomic E-state index is -0.283.